The van der Waals surface area contributed by atoms with E-state index in [1.165, 1.54) is 0 Å². The molecule has 2 rings (SSSR count). The summed E-state index contributed by atoms with van der Waals surface area (Å²) >= 11 is 0. The van der Waals surface area contributed by atoms with E-state index in [0.717, 1.165) is 11.3 Å². The Bertz CT molecular complexity index is 489. The minimum atomic E-state index is -0.337. The number of hydrogen-bond donors (Lipinski definition) is 0. The lowest BCUT2D eigenvalue weighted by Gasteiger charge is -2.36. The average Bonchev–Trinajstić information content (AvgIpc) is 2.45. The number of ether oxygens (including phenoxy) is 1. The van der Waals surface area contributed by atoms with Crippen molar-refractivity contribution in [2.45, 2.75) is 26.9 Å². The number of morpholine rings is 1. The van der Waals surface area contributed by atoms with Crippen LogP contribution in [0, 0.1) is 5.41 Å². The molecule has 4 heteroatoms. The number of hydrogen-bond acceptors (Lipinski definition) is 3. The van der Waals surface area contributed by atoms with Gasteiger partial charge in [0.1, 0.15) is 6.10 Å². The molecule has 1 atom stereocenters. The molecule has 1 heterocycles. The Morgan fingerprint density at radius 3 is 2.38 bits per heavy atom. The van der Waals surface area contributed by atoms with Crippen LogP contribution in [0.25, 0.3) is 0 Å². The molecule has 1 aromatic rings. The molecular weight excluding hydrogens is 264 g/mol. The molecule has 1 amide bonds. The lowest BCUT2D eigenvalue weighted by Crippen LogP contribution is -2.46. The molecule has 116 valence electrons. The largest absolute Gasteiger partial charge is 0.378 e. The Morgan fingerprint density at radius 2 is 1.86 bits per heavy atom. The molecule has 21 heavy (non-hydrogen) atoms. The van der Waals surface area contributed by atoms with Gasteiger partial charge in [-0.1, -0.05) is 32.9 Å². The highest BCUT2D eigenvalue weighted by molar-refractivity contribution is 5.81. The van der Waals surface area contributed by atoms with Gasteiger partial charge < -0.3 is 14.5 Å². The highest BCUT2D eigenvalue weighted by Crippen LogP contribution is 2.27. The van der Waals surface area contributed by atoms with Crippen molar-refractivity contribution in [3.8, 4) is 0 Å². The quantitative estimate of drug-likeness (QED) is 0.839. The van der Waals surface area contributed by atoms with Crippen molar-refractivity contribution in [1.82, 2.24) is 4.90 Å². The van der Waals surface area contributed by atoms with Gasteiger partial charge in [-0.2, -0.15) is 0 Å². The number of nitrogens with zero attached hydrogens (tertiary/aromatic N) is 2. The van der Waals surface area contributed by atoms with E-state index in [1.807, 2.05) is 39.8 Å². The second-order valence-corrected chi connectivity index (χ2v) is 6.85. The second kappa shape index (κ2) is 6.06. The van der Waals surface area contributed by atoms with Crippen LogP contribution in [-0.2, 0) is 9.53 Å². The predicted molar refractivity (Wildman–Crippen MR) is 85.5 cm³/mol. The normalized spacial score (nSPS) is 19.5. The lowest BCUT2D eigenvalue weighted by atomic mass is 9.94. The summed E-state index contributed by atoms with van der Waals surface area (Å²) in [7, 11) is 4.05. The molecule has 0 aliphatic carbocycles. The number of benzene rings is 1. The first-order chi connectivity index (χ1) is 9.79. The Labute approximate surface area is 127 Å². The fraction of sp³-hybridized carbons (Fsp3) is 0.588. The van der Waals surface area contributed by atoms with Gasteiger partial charge in [-0.3, -0.25) is 4.79 Å². The van der Waals surface area contributed by atoms with E-state index in [9.17, 15) is 4.79 Å². The highest BCUT2D eigenvalue weighted by atomic mass is 16.5. The maximum absolute atomic E-state index is 12.4. The number of carbonyl (C=O) groups is 1. The standard InChI is InChI=1S/C17H26N2O2/c1-17(2,3)16(20)19-10-11-21-15(12-19)13-6-8-14(9-7-13)18(4)5/h6-9,15H,10-12H2,1-5H3. The van der Waals surface area contributed by atoms with Crippen molar-refractivity contribution in [2.75, 3.05) is 38.7 Å². The maximum atomic E-state index is 12.4. The van der Waals surface area contributed by atoms with Crippen LogP contribution in [0.15, 0.2) is 24.3 Å². The third kappa shape index (κ3) is 3.76. The second-order valence-electron chi connectivity index (χ2n) is 6.85. The Morgan fingerprint density at radius 1 is 1.24 bits per heavy atom. The number of carbonyl (C=O) groups excluding carboxylic acids is 1. The Hall–Kier alpha value is -1.55. The average molecular weight is 290 g/mol. The molecule has 1 fully saturated rings. The number of rotatable bonds is 2. The van der Waals surface area contributed by atoms with Crippen molar-refractivity contribution in [2.24, 2.45) is 5.41 Å². The summed E-state index contributed by atoms with van der Waals surface area (Å²) in [6.45, 7) is 7.81. The summed E-state index contributed by atoms with van der Waals surface area (Å²) in [6.07, 6.45) is -0.0266. The minimum absolute atomic E-state index is 0.0266. The number of amides is 1. The van der Waals surface area contributed by atoms with Crippen molar-refractivity contribution in [1.29, 1.82) is 0 Å². The molecule has 0 N–H and O–H groups in total. The van der Waals surface area contributed by atoms with Gasteiger partial charge in [-0.25, -0.2) is 0 Å². The van der Waals surface area contributed by atoms with Crippen LogP contribution >= 0.6 is 0 Å². The van der Waals surface area contributed by atoms with E-state index < -0.39 is 0 Å². The molecule has 0 aromatic heterocycles. The Balaban J connectivity index is 2.09. The smallest absolute Gasteiger partial charge is 0.228 e. The van der Waals surface area contributed by atoms with E-state index in [4.69, 9.17) is 4.74 Å². The van der Waals surface area contributed by atoms with E-state index in [1.54, 1.807) is 0 Å². The summed E-state index contributed by atoms with van der Waals surface area (Å²) in [6, 6.07) is 8.35. The molecule has 1 unspecified atom stereocenters. The first kappa shape index (κ1) is 15.8. The fourth-order valence-corrected chi connectivity index (χ4v) is 2.50. The van der Waals surface area contributed by atoms with Gasteiger partial charge in [0.2, 0.25) is 5.91 Å². The van der Waals surface area contributed by atoms with Crippen molar-refractivity contribution in [3.05, 3.63) is 29.8 Å². The van der Waals surface area contributed by atoms with Crippen LogP contribution in [-0.4, -0.2) is 44.6 Å². The summed E-state index contributed by atoms with van der Waals surface area (Å²) in [5.41, 5.74) is 1.96. The van der Waals surface area contributed by atoms with E-state index >= 15 is 0 Å². The zero-order valence-electron chi connectivity index (χ0n) is 13.7. The van der Waals surface area contributed by atoms with E-state index in [2.05, 4.69) is 29.2 Å². The SMILES string of the molecule is CN(C)c1ccc(C2CN(C(=O)C(C)(C)C)CCO2)cc1. The van der Waals surface area contributed by atoms with Crippen molar-refractivity contribution >= 4 is 11.6 Å². The molecule has 4 nitrogen and oxygen atoms in total. The van der Waals surface area contributed by atoms with Gasteiger partial charge in [0.15, 0.2) is 0 Å². The summed E-state index contributed by atoms with van der Waals surface area (Å²) in [5.74, 6) is 0.195. The first-order valence-electron chi connectivity index (χ1n) is 7.47. The van der Waals surface area contributed by atoms with Gasteiger partial charge >= 0.3 is 0 Å². The molecule has 1 saturated heterocycles. The van der Waals surface area contributed by atoms with Gasteiger partial charge in [0.25, 0.3) is 0 Å². The molecule has 0 saturated carbocycles. The molecule has 0 radical (unpaired) electrons. The predicted octanol–water partition coefficient (Wildman–Crippen LogP) is 2.70. The van der Waals surface area contributed by atoms with Gasteiger partial charge in [0.05, 0.1) is 13.2 Å². The van der Waals surface area contributed by atoms with Crippen LogP contribution in [0.1, 0.15) is 32.4 Å². The fourth-order valence-electron chi connectivity index (χ4n) is 2.50. The third-order valence-corrected chi connectivity index (χ3v) is 3.78. The van der Waals surface area contributed by atoms with Crippen LogP contribution in [0.2, 0.25) is 0 Å². The van der Waals surface area contributed by atoms with Crippen LogP contribution in [0.5, 0.6) is 0 Å². The molecule has 1 aliphatic heterocycles. The summed E-state index contributed by atoms with van der Waals surface area (Å²) < 4.78 is 5.85. The molecular formula is C17H26N2O2. The summed E-state index contributed by atoms with van der Waals surface area (Å²) in [4.78, 5) is 16.4. The van der Waals surface area contributed by atoms with Crippen LogP contribution in [0.4, 0.5) is 5.69 Å². The Kier molecular flexibility index (Phi) is 4.57. The molecule has 0 bridgehead atoms. The van der Waals surface area contributed by atoms with E-state index in [-0.39, 0.29) is 17.4 Å². The van der Waals surface area contributed by atoms with Crippen LogP contribution in [0.3, 0.4) is 0 Å². The number of anilines is 1. The van der Waals surface area contributed by atoms with E-state index in [0.29, 0.717) is 19.7 Å². The highest BCUT2D eigenvalue weighted by Gasteiger charge is 2.31. The van der Waals surface area contributed by atoms with Gasteiger partial charge in [-0.15, -0.1) is 0 Å². The zero-order valence-corrected chi connectivity index (χ0v) is 13.7. The monoisotopic (exact) mass is 290 g/mol. The van der Waals surface area contributed by atoms with Gasteiger partial charge in [0, 0.05) is 31.7 Å². The topological polar surface area (TPSA) is 32.8 Å². The van der Waals surface area contributed by atoms with Crippen molar-refractivity contribution < 1.29 is 9.53 Å². The molecule has 1 aromatic carbocycles. The molecule has 1 aliphatic rings. The van der Waals surface area contributed by atoms with Gasteiger partial charge in [-0.05, 0) is 17.7 Å². The summed E-state index contributed by atoms with van der Waals surface area (Å²) in [5, 5.41) is 0. The first-order valence-corrected chi connectivity index (χ1v) is 7.47. The maximum Gasteiger partial charge on any atom is 0.228 e. The minimum Gasteiger partial charge on any atom is -0.378 e. The molecule has 0 spiro atoms. The van der Waals surface area contributed by atoms with Crippen molar-refractivity contribution in [3.63, 3.8) is 0 Å². The zero-order chi connectivity index (χ0) is 15.6. The third-order valence-electron chi connectivity index (χ3n) is 3.78. The van der Waals surface area contributed by atoms with Crippen LogP contribution < -0.4 is 4.90 Å². The lowest BCUT2D eigenvalue weighted by molar-refractivity contribution is -0.147.